The number of ketones is 1. The van der Waals surface area contributed by atoms with Crippen LogP contribution in [0.15, 0.2) is 24.3 Å². The molecule has 6 heteroatoms. The number of halogens is 3. The van der Waals surface area contributed by atoms with E-state index in [9.17, 15) is 22.8 Å². The first kappa shape index (κ1) is 17.2. The van der Waals surface area contributed by atoms with Crippen molar-refractivity contribution in [1.29, 1.82) is 0 Å². The smallest absolute Gasteiger partial charge is 0.349 e. The van der Waals surface area contributed by atoms with Gasteiger partial charge in [0.2, 0.25) is 5.91 Å². The third-order valence-electron chi connectivity index (χ3n) is 3.53. The number of alkyl halides is 3. The predicted octanol–water partition coefficient (Wildman–Crippen LogP) is 3.50. The molecular weight excluding hydrogens is 283 g/mol. The van der Waals surface area contributed by atoms with Crippen LogP contribution in [0.2, 0.25) is 0 Å². The average Bonchev–Trinajstić information content (AvgIpc) is 2.37. The van der Waals surface area contributed by atoms with Crippen LogP contribution in [0.5, 0.6) is 0 Å². The molecule has 1 N–H and O–H groups in total. The van der Waals surface area contributed by atoms with E-state index in [2.05, 4.69) is 5.32 Å². The van der Waals surface area contributed by atoms with Gasteiger partial charge in [0.05, 0.1) is 11.6 Å². The number of nitrogens with one attached hydrogen (secondary N) is 1. The molecule has 0 aromatic heterocycles. The zero-order valence-electron chi connectivity index (χ0n) is 12.3. The molecule has 1 amide bonds. The summed E-state index contributed by atoms with van der Waals surface area (Å²) in [6.07, 6.45) is -4.39. The number of carbonyl (C=O) groups is 2. The molecule has 3 nitrogen and oxygen atoms in total. The van der Waals surface area contributed by atoms with Crippen LogP contribution in [0.1, 0.15) is 44.9 Å². The fourth-order valence-corrected chi connectivity index (χ4v) is 1.58. The van der Waals surface area contributed by atoms with E-state index >= 15 is 0 Å². The highest BCUT2D eigenvalue weighted by Crippen LogP contribution is 2.30. The number of benzene rings is 1. The number of rotatable bonds is 4. The molecule has 1 aromatic carbocycles. The van der Waals surface area contributed by atoms with Crippen LogP contribution in [0.4, 0.5) is 13.2 Å². The van der Waals surface area contributed by atoms with Gasteiger partial charge in [-0.25, -0.2) is 0 Å². The molecule has 0 aliphatic heterocycles. The van der Waals surface area contributed by atoms with E-state index in [1.54, 1.807) is 6.92 Å². The standard InChI is InChI=1S/C15H18F3NO2/c1-9(19-13(21)14(3,4)10(2)20)11-5-7-12(8-6-11)15(16,17)18/h5-9H,1-4H3,(H,19,21)/t9-/m0/s1. The van der Waals surface area contributed by atoms with Crippen molar-refractivity contribution in [1.82, 2.24) is 5.32 Å². The monoisotopic (exact) mass is 301 g/mol. The van der Waals surface area contributed by atoms with E-state index in [1.165, 1.54) is 32.9 Å². The quantitative estimate of drug-likeness (QED) is 0.865. The van der Waals surface area contributed by atoms with Gasteiger partial charge >= 0.3 is 6.18 Å². The molecule has 0 aliphatic carbocycles. The maximum atomic E-state index is 12.5. The summed E-state index contributed by atoms with van der Waals surface area (Å²) < 4.78 is 37.4. The van der Waals surface area contributed by atoms with Crippen LogP contribution in [0.3, 0.4) is 0 Å². The molecule has 0 heterocycles. The Balaban J connectivity index is 2.84. The highest BCUT2D eigenvalue weighted by molar-refractivity contribution is 6.04. The van der Waals surface area contributed by atoms with E-state index in [0.29, 0.717) is 5.56 Å². The fourth-order valence-electron chi connectivity index (χ4n) is 1.58. The normalized spacial score (nSPS) is 13.7. The number of Topliss-reactive ketones (excluding diaryl/α,β-unsaturated/α-hetero) is 1. The molecule has 0 unspecified atom stereocenters. The molecule has 1 atom stereocenters. The Morgan fingerprint density at radius 3 is 1.95 bits per heavy atom. The second-order valence-corrected chi connectivity index (χ2v) is 5.50. The highest BCUT2D eigenvalue weighted by Gasteiger charge is 2.34. The van der Waals surface area contributed by atoms with Gasteiger partial charge in [-0.2, -0.15) is 13.2 Å². The first-order valence-corrected chi connectivity index (χ1v) is 6.45. The van der Waals surface area contributed by atoms with Gasteiger partial charge in [0.25, 0.3) is 0 Å². The molecular formula is C15H18F3NO2. The molecule has 0 bridgehead atoms. The van der Waals surface area contributed by atoms with Gasteiger partial charge in [0.1, 0.15) is 11.2 Å². The minimum Gasteiger partial charge on any atom is -0.349 e. The van der Waals surface area contributed by atoms with Crippen LogP contribution in [-0.2, 0) is 15.8 Å². The van der Waals surface area contributed by atoms with Crippen molar-refractivity contribution in [2.45, 2.75) is 39.9 Å². The van der Waals surface area contributed by atoms with Gasteiger partial charge in [-0.1, -0.05) is 12.1 Å². The van der Waals surface area contributed by atoms with Gasteiger partial charge in [-0.15, -0.1) is 0 Å². The van der Waals surface area contributed by atoms with Gasteiger partial charge in [0, 0.05) is 0 Å². The SMILES string of the molecule is CC(=O)C(C)(C)C(=O)N[C@@H](C)c1ccc(C(F)(F)F)cc1. The Morgan fingerprint density at radius 1 is 1.10 bits per heavy atom. The molecule has 0 aliphatic rings. The summed E-state index contributed by atoms with van der Waals surface area (Å²) in [7, 11) is 0. The van der Waals surface area contributed by atoms with E-state index in [-0.39, 0.29) is 5.78 Å². The molecule has 1 aromatic rings. The topological polar surface area (TPSA) is 46.2 Å². The van der Waals surface area contributed by atoms with E-state index in [1.807, 2.05) is 0 Å². The Bertz CT molecular complexity index is 533. The summed E-state index contributed by atoms with van der Waals surface area (Å²) in [4.78, 5) is 23.4. The predicted molar refractivity (Wildman–Crippen MR) is 72.5 cm³/mol. The van der Waals surface area contributed by atoms with E-state index in [0.717, 1.165) is 12.1 Å². The van der Waals surface area contributed by atoms with Gasteiger partial charge in [0.15, 0.2) is 0 Å². The zero-order valence-corrected chi connectivity index (χ0v) is 12.3. The number of amides is 1. The Kier molecular flexibility index (Phi) is 4.81. The summed E-state index contributed by atoms with van der Waals surface area (Å²) in [5.41, 5.74) is -1.37. The molecule has 0 saturated carbocycles. The Labute approximate surface area is 121 Å². The summed E-state index contributed by atoms with van der Waals surface area (Å²) in [6, 6.07) is 4.07. The number of hydrogen-bond donors (Lipinski definition) is 1. The van der Waals surface area contributed by atoms with Crippen LogP contribution >= 0.6 is 0 Å². The van der Waals surface area contributed by atoms with Crippen LogP contribution in [0, 0.1) is 5.41 Å². The molecule has 0 fully saturated rings. The molecule has 21 heavy (non-hydrogen) atoms. The molecule has 116 valence electrons. The maximum Gasteiger partial charge on any atom is 0.416 e. The fraction of sp³-hybridized carbons (Fsp3) is 0.467. The van der Waals surface area contributed by atoms with Crippen molar-refractivity contribution >= 4 is 11.7 Å². The second-order valence-electron chi connectivity index (χ2n) is 5.50. The Morgan fingerprint density at radius 2 is 1.57 bits per heavy atom. The lowest BCUT2D eigenvalue weighted by Gasteiger charge is -2.23. The summed E-state index contributed by atoms with van der Waals surface area (Å²) >= 11 is 0. The zero-order chi connectivity index (χ0) is 16.4. The Hall–Kier alpha value is -1.85. The van der Waals surface area contributed by atoms with Gasteiger partial charge in [-0.3, -0.25) is 9.59 Å². The number of carbonyl (C=O) groups excluding carboxylic acids is 2. The largest absolute Gasteiger partial charge is 0.416 e. The van der Waals surface area contributed by atoms with Crippen molar-refractivity contribution in [3.8, 4) is 0 Å². The lowest BCUT2D eigenvalue weighted by atomic mass is 9.87. The third-order valence-corrected chi connectivity index (χ3v) is 3.53. The second kappa shape index (κ2) is 5.87. The van der Waals surface area contributed by atoms with Gasteiger partial charge < -0.3 is 5.32 Å². The van der Waals surface area contributed by atoms with Crippen molar-refractivity contribution in [2.75, 3.05) is 0 Å². The highest BCUT2D eigenvalue weighted by atomic mass is 19.4. The van der Waals surface area contributed by atoms with Crippen molar-refractivity contribution in [3.63, 3.8) is 0 Å². The lowest BCUT2D eigenvalue weighted by molar-refractivity contribution is -0.140. The molecule has 0 saturated heterocycles. The summed E-state index contributed by atoms with van der Waals surface area (Å²) in [5, 5.41) is 2.63. The van der Waals surface area contributed by atoms with Crippen LogP contribution < -0.4 is 5.32 Å². The van der Waals surface area contributed by atoms with Crippen molar-refractivity contribution in [2.24, 2.45) is 5.41 Å². The number of hydrogen-bond acceptors (Lipinski definition) is 2. The average molecular weight is 301 g/mol. The van der Waals surface area contributed by atoms with Crippen molar-refractivity contribution < 1.29 is 22.8 Å². The first-order valence-electron chi connectivity index (χ1n) is 6.45. The molecule has 1 rings (SSSR count). The van der Waals surface area contributed by atoms with E-state index in [4.69, 9.17) is 0 Å². The molecule has 0 radical (unpaired) electrons. The summed E-state index contributed by atoms with van der Waals surface area (Å²) in [6.45, 7) is 5.98. The maximum absolute atomic E-state index is 12.5. The molecule has 0 spiro atoms. The van der Waals surface area contributed by atoms with Crippen LogP contribution in [-0.4, -0.2) is 11.7 Å². The lowest BCUT2D eigenvalue weighted by Crippen LogP contribution is -2.42. The third kappa shape index (κ3) is 4.06. The van der Waals surface area contributed by atoms with E-state index < -0.39 is 29.1 Å². The first-order chi connectivity index (χ1) is 9.46. The summed E-state index contributed by atoms with van der Waals surface area (Å²) in [5.74, 6) is -0.734. The van der Waals surface area contributed by atoms with Gasteiger partial charge in [-0.05, 0) is 45.4 Å². The van der Waals surface area contributed by atoms with Crippen molar-refractivity contribution in [3.05, 3.63) is 35.4 Å². The van der Waals surface area contributed by atoms with Crippen LogP contribution in [0.25, 0.3) is 0 Å². The minimum atomic E-state index is -4.39. The minimum absolute atomic E-state index is 0.278.